The summed E-state index contributed by atoms with van der Waals surface area (Å²) in [5, 5.41) is 12.9. The van der Waals surface area contributed by atoms with Crippen molar-refractivity contribution in [3.8, 4) is 0 Å². The number of hydrogen-bond donors (Lipinski definition) is 2. The van der Waals surface area contributed by atoms with Gasteiger partial charge in [-0.25, -0.2) is 18.2 Å². The van der Waals surface area contributed by atoms with Crippen molar-refractivity contribution in [3.05, 3.63) is 64.1 Å². The van der Waals surface area contributed by atoms with Crippen molar-refractivity contribution < 1.29 is 13.2 Å². The third-order valence-electron chi connectivity index (χ3n) is 4.27. The van der Waals surface area contributed by atoms with Crippen LogP contribution >= 0.6 is 0 Å². The summed E-state index contributed by atoms with van der Waals surface area (Å²) < 4.78 is 24.7. The zero-order chi connectivity index (χ0) is 20.5. The number of nitrogens with zero attached hydrogens (tertiary/aromatic N) is 2. The maximum absolute atomic E-state index is 12.9. The Labute approximate surface area is 162 Å². The highest BCUT2D eigenvalue weighted by molar-refractivity contribution is 7.89. The Bertz CT molecular complexity index is 1230. The lowest BCUT2D eigenvalue weighted by Gasteiger charge is -2.12. The van der Waals surface area contributed by atoms with Crippen LogP contribution in [0.5, 0.6) is 0 Å². The standard InChI is InChI=1S/C19H20N4O4S/c1-3-10-23-19(25)15-7-5-4-6-14(15)17(22-23)18(24)21-13-9-8-12(2)16(11-13)28(20,26)27/h4-9,11H,3,10H2,1-2H3,(H,21,24)(H2,20,26,27). The van der Waals surface area contributed by atoms with Gasteiger partial charge >= 0.3 is 0 Å². The van der Waals surface area contributed by atoms with E-state index in [1.807, 2.05) is 6.92 Å². The Morgan fingerprint density at radius 3 is 2.50 bits per heavy atom. The van der Waals surface area contributed by atoms with Crippen molar-refractivity contribution in [1.82, 2.24) is 9.78 Å². The summed E-state index contributed by atoms with van der Waals surface area (Å²) in [5.74, 6) is -0.551. The van der Waals surface area contributed by atoms with Crippen LogP contribution in [0.4, 0.5) is 5.69 Å². The van der Waals surface area contributed by atoms with E-state index in [0.29, 0.717) is 29.3 Å². The van der Waals surface area contributed by atoms with E-state index in [2.05, 4.69) is 10.4 Å². The number of nitrogens with two attached hydrogens (primary N) is 1. The molecule has 1 heterocycles. The van der Waals surface area contributed by atoms with Gasteiger partial charge in [-0.2, -0.15) is 5.10 Å². The highest BCUT2D eigenvalue weighted by atomic mass is 32.2. The summed E-state index contributed by atoms with van der Waals surface area (Å²) in [6, 6.07) is 11.2. The summed E-state index contributed by atoms with van der Waals surface area (Å²) >= 11 is 0. The summed E-state index contributed by atoms with van der Waals surface area (Å²) in [4.78, 5) is 25.3. The molecule has 0 bridgehead atoms. The van der Waals surface area contributed by atoms with E-state index in [1.54, 1.807) is 43.3 Å². The number of primary sulfonamides is 1. The van der Waals surface area contributed by atoms with Gasteiger partial charge in [-0.15, -0.1) is 0 Å². The lowest BCUT2D eigenvalue weighted by molar-refractivity contribution is 0.102. The van der Waals surface area contributed by atoms with Crippen LogP contribution in [-0.2, 0) is 16.6 Å². The van der Waals surface area contributed by atoms with Crippen molar-refractivity contribution in [2.45, 2.75) is 31.7 Å². The van der Waals surface area contributed by atoms with Crippen molar-refractivity contribution in [2.75, 3.05) is 5.32 Å². The van der Waals surface area contributed by atoms with Crippen LogP contribution in [-0.4, -0.2) is 24.1 Å². The molecule has 0 radical (unpaired) electrons. The van der Waals surface area contributed by atoms with E-state index in [1.165, 1.54) is 10.7 Å². The molecule has 0 aliphatic rings. The van der Waals surface area contributed by atoms with Crippen LogP contribution in [0.1, 0.15) is 29.4 Å². The Morgan fingerprint density at radius 2 is 1.86 bits per heavy atom. The number of rotatable bonds is 5. The smallest absolute Gasteiger partial charge is 0.276 e. The lowest BCUT2D eigenvalue weighted by Crippen LogP contribution is -2.27. The van der Waals surface area contributed by atoms with E-state index in [-0.39, 0.29) is 21.8 Å². The van der Waals surface area contributed by atoms with E-state index in [9.17, 15) is 18.0 Å². The van der Waals surface area contributed by atoms with Gasteiger partial charge in [0.15, 0.2) is 5.69 Å². The predicted molar refractivity (Wildman–Crippen MR) is 107 cm³/mol. The predicted octanol–water partition coefficient (Wildman–Crippen LogP) is 2.01. The second-order valence-electron chi connectivity index (χ2n) is 6.40. The molecule has 0 saturated carbocycles. The number of aryl methyl sites for hydroxylation is 2. The molecule has 3 aromatic rings. The van der Waals surface area contributed by atoms with Crippen molar-refractivity contribution >= 4 is 32.4 Å². The normalized spacial score (nSPS) is 11.5. The number of carbonyl (C=O) groups is 1. The molecule has 0 atom stereocenters. The molecule has 1 amide bonds. The minimum absolute atomic E-state index is 0.0703. The molecule has 0 unspecified atom stereocenters. The fraction of sp³-hybridized carbons (Fsp3) is 0.211. The average Bonchev–Trinajstić information content (AvgIpc) is 2.65. The third-order valence-corrected chi connectivity index (χ3v) is 5.32. The first-order valence-electron chi connectivity index (χ1n) is 8.67. The van der Waals surface area contributed by atoms with Gasteiger partial charge < -0.3 is 5.32 Å². The minimum atomic E-state index is -3.92. The molecule has 3 rings (SSSR count). The van der Waals surface area contributed by atoms with Crippen LogP contribution in [0.3, 0.4) is 0 Å². The Morgan fingerprint density at radius 1 is 1.18 bits per heavy atom. The molecular formula is C19H20N4O4S. The molecule has 0 saturated heterocycles. The van der Waals surface area contributed by atoms with Gasteiger partial charge in [0, 0.05) is 17.6 Å². The highest BCUT2D eigenvalue weighted by Crippen LogP contribution is 2.20. The number of aromatic nitrogens is 2. The maximum atomic E-state index is 12.9. The molecule has 146 valence electrons. The maximum Gasteiger partial charge on any atom is 0.276 e. The number of benzene rings is 2. The van der Waals surface area contributed by atoms with Gasteiger partial charge in [0.05, 0.1) is 10.3 Å². The summed E-state index contributed by atoms with van der Waals surface area (Å²) in [5.41, 5.74) is 0.557. The molecule has 9 heteroatoms. The van der Waals surface area contributed by atoms with Gasteiger partial charge in [-0.05, 0) is 37.1 Å². The van der Waals surface area contributed by atoms with E-state index >= 15 is 0 Å². The Kier molecular flexibility index (Phi) is 5.30. The molecule has 0 fully saturated rings. The highest BCUT2D eigenvalue weighted by Gasteiger charge is 2.18. The van der Waals surface area contributed by atoms with Crippen molar-refractivity contribution in [3.63, 3.8) is 0 Å². The second kappa shape index (κ2) is 7.53. The molecule has 3 N–H and O–H groups in total. The molecule has 0 aliphatic carbocycles. The largest absolute Gasteiger partial charge is 0.321 e. The number of carbonyl (C=O) groups excluding carboxylic acids is 1. The van der Waals surface area contributed by atoms with Crippen LogP contribution in [0.15, 0.2) is 52.2 Å². The molecule has 8 nitrogen and oxygen atoms in total. The first-order chi connectivity index (χ1) is 13.2. The van der Waals surface area contributed by atoms with Crippen molar-refractivity contribution in [2.24, 2.45) is 5.14 Å². The number of amides is 1. The first kappa shape index (κ1) is 19.7. The fourth-order valence-electron chi connectivity index (χ4n) is 2.94. The second-order valence-corrected chi connectivity index (χ2v) is 7.93. The number of anilines is 1. The zero-order valence-electron chi connectivity index (χ0n) is 15.5. The summed E-state index contributed by atoms with van der Waals surface area (Å²) in [6.07, 6.45) is 0.683. The quantitative estimate of drug-likeness (QED) is 0.678. The molecular weight excluding hydrogens is 380 g/mol. The summed E-state index contributed by atoms with van der Waals surface area (Å²) in [7, 11) is -3.92. The van der Waals surface area contributed by atoms with Gasteiger partial charge in [-0.1, -0.05) is 31.2 Å². The zero-order valence-corrected chi connectivity index (χ0v) is 16.3. The van der Waals surface area contributed by atoms with Gasteiger partial charge in [0.25, 0.3) is 11.5 Å². The van der Waals surface area contributed by atoms with Crippen LogP contribution < -0.4 is 16.0 Å². The molecule has 0 aliphatic heterocycles. The number of sulfonamides is 1. The van der Waals surface area contributed by atoms with E-state index < -0.39 is 15.9 Å². The molecule has 1 aromatic heterocycles. The number of nitrogens with one attached hydrogen (secondary N) is 1. The molecule has 2 aromatic carbocycles. The van der Waals surface area contributed by atoms with Crippen LogP contribution in [0.25, 0.3) is 10.8 Å². The topological polar surface area (TPSA) is 124 Å². The molecule has 0 spiro atoms. The average molecular weight is 400 g/mol. The van der Waals surface area contributed by atoms with Gasteiger partial charge in [0.1, 0.15) is 0 Å². The van der Waals surface area contributed by atoms with Crippen molar-refractivity contribution in [1.29, 1.82) is 0 Å². The Balaban J connectivity index is 2.08. The SMILES string of the molecule is CCCn1nc(C(=O)Nc2ccc(C)c(S(N)(=O)=O)c2)c2ccccc2c1=O. The summed E-state index contributed by atoms with van der Waals surface area (Å²) in [6.45, 7) is 3.90. The van der Waals surface area contributed by atoms with Crippen LogP contribution in [0, 0.1) is 6.92 Å². The minimum Gasteiger partial charge on any atom is -0.321 e. The van der Waals surface area contributed by atoms with E-state index in [4.69, 9.17) is 5.14 Å². The third kappa shape index (κ3) is 3.80. The van der Waals surface area contributed by atoms with E-state index in [0.717, 1.165) is 0 Å². The lowest BCUT2D eigenvalue weighted by atomic mass is 10.1. The fourth-order valence-corrected chi connectivity index (χ4v) is 3.75. The van der Waals surface area contributed by atoms with Gasteiger partial charge in [-0.3, -0.25) is 9.59 Å². The number of hydrogen-bond acceptors (Lipinski definition) is 5. The Hall–Kier alpha value is -3.04. The molecule has 28 heavy (non-hydrogen) atoms. The first-order valence-corrected chi connectivity index (χ1v) is 10.2. The van der Waals surface area contributed by atoms with Crippen LogP contribution in [0.2, 0.25) is 0 Å². The van der Waals surface area contributed by atoms with Gasteiger partial charge in [0.2, 0.25) is 10.0 Å². The number of fused-ring (bicyclic) bond motifs is 1. The monoisotopic (exact) mass is 400 g/mol.